The van der Waals surface area contributed by atoms with Crippen LogP contribution in [0.25, 0.3) is 0 Å². The van der Waals surface area contributed by atoms with Crippen molar-refractivity contribution in [2.75, 3.05) is 20.8 Å². The van der Waals surface area contributed by atoms with E-state index in [0.717, 1.165) is 0 Å². The Morgan fingerprint density at radius 2 is 1.80 bits per heavy atom. The summed E-state index contributed by atoms with van der Waals surface area (Å²) in [5.74, 6) is -0.133. The molecule has 0 aliphatic carbocycles. The molecule has 2 rings (SSSR count). The zero-order valence-corrected chi connectivity index (χ0v) is 11.5. The number of hydrogen-bond donors (Lipinski definition) is 1. The van der Waals surface area contributed by atoms with Crippen molar-refractivity contribution in [2.24, 2.45) is 0 Å². The molecule has 0 aliphatic heterocycles. The molecule has 0 saturated carbocycles. The zero-order valence-electron chi connectivity index (χ0n) is 11.5. The van der Waals surface area contributed by atoms with Crippen molar-refractivity contribution in [3.63, 3.8) is 0 Å². The molecule has 4 heteroatoms. The highest BCUT2D eigenvalue weighted by atomic mass is 19.1. The maximum absolute atomic E-state index is 14.2. The van der Waals surface area contributed by atoms with Crippen molar-refractivity contribution in [1.82, 2.24) is 0 Å². The average Bonchev–Trinajstić information content (AvgIpc) is 2.48. The largest absolute Gasteiger partial charge is 0.497 e. The number of benzene rings is 2. The van der Waals surface area contributed by atoms with Gasteiger partial charge in [0, 0.05) is 18.7 Å². The van der Waals surface area contributed by atoms with Gasteiger partial charge in [-0.05, 0) is 17.7 Å². The number of methoxy groups -OCH3 is 2. The highest BCUT2D eigenvalue weighted by Gasteiger charge is 2.34. The summed E-state index contributed by atoms with van der Waals surface area (Å²) in [4.78, 5) is 0. The zero-order chi connectivity index (χ0) is 14.6. The van der Waals surface area contributed by atoms with E-state index in [1.165, 1.54) is 26.4 Å². The fourth-order valence-corrected chi connectivity index (χ4v) is 2.20. The van der Waals surface area contributed by atoms with Gasteiger partial charge in [0.25, 0.3) is 0 Å². The molecule has 0 radical (unpaired) electrons. The van der Waals surface area contributed by atoms with Crippen molar-refractivity contribution in [1.29, 1.82) is 0 Å². The Hall–Kier alpha value is -1.91. The fraction of sp³-hybridized carbons (Fsp3) is 0.250. The smallest absolute Gasteiger partial charge is 0.141 e. The van der Waals surface area contributed by atoms with Gasteiger partial charge in [0.05, 0.1) is 13.7 Å². The van der Waals surface area contributed by atoms with E-state index in [9.17, 15) is 9.50 Å². The Morgan fingerprint density at radius 1 is 1.10 bits per heavy atom. The van der Waals surface area contributed by atoms with Crippen molar-refractivity contribution in [2.45, 2.75) is 5.60 Å². The van der Waals surface area contributed by atoms with Crippen LogP contribution in [0.3, 0.4) is 0 Å². The van der Waals surface area contributed by atoms with Crippen molar-refractivity contribution in [3.05, 3.63) is 65.5 Å². The monoisotopic (exact) mass is 276 g/mol. The number of halogens is 1. The number of hydrogen-bond acceptors (Lipinski definition) is 3. The average molecular weight is 276 g/mol. The van der Waals surface area contributed by atoms with Crippen LogP contribution in [0.1, 0.15) is 11.1 Å². The number of ether oxygens (including phenoxy) is 2. The maximum atomic E-state index is 14.2. The van der Waals surface area contributed by atoms with Crippen LogP contribution < -0.4 is 4.74 Å². The molecule has 3 nitrogen and oxygen atoms in total. The minimum Gasteiger partial charge on any atom is -0.497 e. The molecule has 0 amide bonds. The molecule has 1 N–H and O–H groups in total. The predicted octanol–water partition coefficient (Wildman–Crippen LogP) is 2.72. The van der Waals surface area contributed by atoms with Gasteiger partial charge in [-0.3, -0.25) is 0 Å². The van der Waals surface area contributed by atoms with E-state index in [1.54, 1.807) is 30.3 Å². The van der Waals surface area contributed by atoms with Gasteiger partial charge >= 0.3 is 0 Å². The van der Waals surface area contributed by atoms with E-state index in [0.29, 0.717) is 11.3 Å². The van der Waals surface area contributed by atoms with E-state index in [4.69, 9.17) is 9.47 Å². The van der Waals surface area contributed by atoms with Gasteiger partial charge in [0.1, 0.15) is 17.2 Å². The summed E-state index contributed by atoms with van der Waals surface area (Å²) >= 11 is 0. The maximum Gasteiger partial charge on any atom is 0.141 e. The molecule has 1 unspecified atom stereocenters. The fourth-order valence-electron chi connectivity index (χ4n) is 2.20. The Labute approximate surface area is 117 Å². The van der Waals surface area contributed by atoms with Crippen molar-refractivity contribution < 1.29 is 19.0 Å². The SMILES string of the molecule is COCC(O)(c1ccccc1)c1ccc(OC)cc1F. The summed E-state index contributed by atoms with van der Waals surface area (Å²) in [6.07, 6.45) is 0. The molecule has 0 heterocycles. The number of rotatable bonds is 5. The third-order valence-corrected chi connectivity index (χ3v) is 3.23. The van der Waals surface area contributed by atoms with Crippen LogP contribution >= 0.6 is 0 Å². The first kappa shape index (κ1) is 14.5. The molecule has 0 aliphatic rings. The summed E-state index contributed by atoms with van der Waals surface area (Å²) in [7, 11) is 2.93. The van der Waals surface area contributed by atoms with Crippen LogP contribution in [0.5, 0.6) is 5.75 Å². The highest BCUT2D eigenvalue weighted by molar-refractivity contribution is 5.40. The Morgan fingerprint density at radius 3 is 2.35 bits per heavy atom. The second-order valence-electron chi connectivity index (χ2n) is 4.51. The molecular weight excluding hydrogens is 259 g/mol. The molecular formula is C16H17FO3. The number of aliphatic hydroxyl groups is 1. The minimum absolute atomic E-state index is 0.0414. The molecule has 1 atom stereocenters. The first-order valence-electron chi connectivity index (χ1n) is 6.22. The van der Waals surface area contributed by atoms with Gasteiger partial charge in [0.2, 0.25) is 0 Å². The van der Waals surface area contributed by atoms with Gasteiger partial charge in [-0.1, -0.05) is 30.3 Å². The van der Waals surface area contributed by atoms with Crippen LogP contribution in [-0.2, 0) is 10.3 Å². The minimum atomic E-state index is -1.54. The third kappa shape index (κ3) is 2.66. The lowest BCUT2D eigenvalue weighted by molar-refractivity contribution is -0.00573. The third-order valence-electron chi connectivity index (χ3n) is 3.23. The summed E-state index contributed by atoms with van der Waals surface area (Å²) in [6, 6.07) is 13.3. The van der Waals surface area contributed by atoms with Gasteiger partial charge in [-0.2, -0.15) is 0 Å². The first-order valence-corrected chi connectivity index (χ1v) is 6.22. The molecule has 0 aromatic heterocycles. The quantitative estimate of drug-likeness (QED) is 0.912. The van der Waals surface area contributed by atoms with Gasteiger partial charge in [-0.25, -0.2) is 4.39 Å². The van der Waals surface area contributed by atoms with E-state index >= 15 is 0 Å². The Balaban J connectivity index is 2.53. The molecule has 2 aromatic carbocycles. The molecule has 2 aromatic rings. The van der Waals surface area contributed by atoms with Gasteiger partial charge in [-0.15, -0.1) is 0 Å². The molecule has 20 heavy (non-hydrogen) atoms. The van der Waals surface area contributed by atoms with Crippen molar-refractivity contribution >= 4 is 0 Å². The van der Waals surface area contributed by atoms with Crippen LogP contribution in [-0.4, -0.2) is 25.9 Å². The molecule has 106 valence electrons. The Kier molecular flexibility index (Phi) is 4.37. The highest BCUT2D eigenvalue weighted by Crippen LogP contribution is 2.33. The van der Waals surface area contributed by atoms with Crippen molar-refractivity contribution in [3.8, 4) is 5.75 Å². The van der Waals surface area contributed by atoms with E-state index in [1.807, 2.05) is 6.07 Å². The van der Waals surface area contributed by atoms with Gasteiger partial charge in [0.15, 0.2) is 0 Å². The topological polar surface area (TPSA) is 38.7 Å². The lowest BCUT2D eigenvalue weighted by Crippen LogP contribution is -2.33. The lowest BCUT2D eigenvalue weighted by atomic mass is 9.86. The lowest BCUT2D eigenvalue weighted by Gasteiger charge is -2.29. The van der Waals surface area contributed by atoms with Crippen LogP contribution in [0.2, 0.25) is 0 Å². The van der Waals surface area contributed by atoms with E-state index in [2.05, 4.69) is 0 Å². The summed E-state index contributed by atoms with van der Waals surface area (Å²) in [6.45, 7) is -0.0414. The summed E-state index contributed by atoms with van der Waals surface area (Å²) in [5.41, 5.74) is -0.802. The normalized spacial score (nSPS) is 13.8. The summed E-state index contributed by atoms with van der Waals surface area (Å²) in [5, 5.41) is 10.9. The first-order chi connectivity index (χ1) is 9.61. The van der Waals surface area contributed by atoms with E-state index in [-0.39, 0.29) is 12.2 Å². The Bertz CT molecular complexity index is 571. The van der Waals surface area contributed by atoms with E-state index < -0.39 is 11.4 Å². The van der Waals surface area contributed by atoms with Gasteiger partial charge < -0.3 is 14.6 Å². The standard InChI is InChI=1S/C16H17FO3/c1-19-11-16(18,12-6-4-3-5-7-12)14-9-8-13(20-2)10-15(14)17/h3-10,18H,11H2,1-2H3. The molecule has 0 bridgehead atoms. The van der Waals surface area contributed by atoms with Crippen LogP contribution in [0.4, 0.5) is 4.39 Å². The predicted molar refractivity (Wildman–Crippen MR) is 74.3 cm³/mol. The molecule has 0 spiro atoms. The summed E-state index contributed by atoms with van der Waals surface area (Å²) < 4.78 is 24.3. The second-order valence-corrected chi connectivity index (χ2v) is 4.51. The molecule has 0 fully saturated rings. The van der Waals surface area contributed by atoms with Crippen LogP contribution in [0.15, 0.2) is 48.5 Å². The van der Waals surface area contributed by atoms with Crippen LogP contribution in [0, 0.1) is 5.82 Å². The second kappa shape index (κ2) is 6.03. The molecule has 0 saturated heterocycles.